The fourth-order valence-corrected chi connectivity index (χ4v) is 5.08. The second kappa shape index (κ2) is 10.8. The van der Waals surface area contributed by atoms with Crippen LogP contribution in [0.3, 0.4) is 0 Å². The number of nitrogens with zero attached hydrogens (tertiary/aromatic N) is 1. The summed E-state index contributed by atoms with van der Waals surface area (Å²) in [6.45, 7) is 2.12. The van der Waals surface area contributed by atoms with Crippen LogP contribution in [0.25, 0.3) is 34.1 Å². The van der Waals surface area contributed by atoms with Crippen molar-refractivity contribution < 1.29 is 0 Å². The van der Waals surface area contributed by atoms with Crippen molar-refractivity contribution in [2.24, 2.45) is 0 Å². The summed E-state index contributed by atoms with van der Waals surface area (Å²) < 4.78 is 0. The predicted octanol–water partition coefficient (Wildman–Crippen LogP) is 10.4. The molecule has 0 saturated heterocycles. The summed E-state index contributed by atoms with van der Waals surface area (Å²) in [5.74, 6) is 0. The molecule has 1 heteroatoms. The lowest BCUT2D eigenvalue weighted by atomic mass is 9.98. The molecular formula is C37H31N. The molecule has 0 N–H and O–H groups in total. The molecule has 0 amide bonds. The highest BCUT2D eigenvalue weighted by Gasteiger charge is 2.15. The minimum atomic E-state index is 1.06. The summed E-state index contributed by atoms with van der Waals surface area (Å²) in [6.07, 6.45) is 13.4. The highest BCUT2D eigenvalue weighted by Crippen LogP contribution is 2.35. The van der Waals surface area contributed by atoms with E-state index in [9.17, 15) is 0 Å². The molecule has 1 nitrogen and oxygen atoms in total. The van der Waals surface area contributed by atoms with Crippen LogP contribution < -0.4 is 4.90 Å². The van der Waals surface area contributed by atoms with Crippen LogP contribution in [-0.2, 0) is 0 Å². The van der Waals surface area contributed by atoms with Gasteiger partial charge in [0.25, 0.3) is 0 Å². The Bertz CT molecular complexity index is 1630. The van der Waals surface area contributed by atoms with Gasteiger partial charge in [-0.15, -0.1) is 0 Å². The maximum Gasteiger partial charge on any atom is 0.0461 e. The van der Waals surface area contributed by atoms with Gasteiger partial charge < -0.3 is 4.90 Å². The fourth-order valence-electron chi connectivity index (χ4n) is 5.08. The summed E-state index contributed by atoms with van der Waals surface area (Å²) in [4.78, 5) is 2.36. The van der Waals surface area contributed by atoms with Crippen LogP contribution in [-0.4, -0.2) is 0 Å². The highest BCUT2D eigenvalue weighted by molar-refractivity contribution is 5.96. The molecule has 0 aromatic heterocycles. The number of hydrogen-bond acceptors (Lipinski definition) is 1. The van der Waals surface area contributed by atoms with Gasteiger partial charge in [0, 0.05) is 17.1 Å². The van der Waals surface area contributed by atoms with Gasteiger partial charge in [0.2, 0.25) is 0 Å². The topological polar surface area (TPSA) is 3.24 Å². The molecule has 6 rings (SSSR count). The van der Waals surface area contributed by atoms with Crippen molar-refractivity contribution in [3.8, 4) is 11.1 Å². The Kier molecular flexibility index (Phi) is 6.74. The summed E-state index contributed by atoms with van der Waals surface area (Å²) in [5, 5.41) is 2.55. The molecule has 0 unspecified atom stereocenters. The molecule has 0 heterocycles. The quantitative estimate of drug-likeness (QED) is 0.214. The normalized spacial score (nSPS) is 13.1. The van der Waals surface area contributed by atoms with E-state index in [1.807, 2.05) is 0 Å². The minimum Gasteiger partial charge on any atom is -0.311 e. The number of rotatable bonds is 6. The highest BCUT2D eigenvalue weighted by atomic mass is 15.1. The van der Waals surface area contributed by atoms with Crippen molar-refractivity contribution in [2.45, 2.75) is 19.8 Å². The van der Waals surface area contributed by atoms with Gasteiger partial charge in [0.15, 0.2) is 0 Å². The first-order valence-corrected chi connectivity index (χ1v) is 13.3. The van der Waals surface area contributed by atoms with Crippen molar-refractivity contribution in [3.63, 3.8) is 0 Å². The van der Waals surface area contributed by atoms with Crippen molar-refractivity contribution >= 4 is 34.3 Å². The standard InChI is InChI=1S/C37H31N/c1-28-14-16-29(17-15-28)18-19-30-20-24-34(25-21-30)38(33-10-3-2-4-11-33)35-26-22-32(23-27-35)37-13-7-9-31-8-5-6-12-36(31)37/h3,5-27H,2,4H2,1H3/b19-18+. The van der Waals surface area contributed by atoms with Gasteiger partial charge >= 0.3 is 0 Å². The van der Waals surface area contributed by atoms with E-state index in [4.69, 9.17) is 0 Å². The third-order valence-corrected chi connectivity index (χ3v) is 7.16. The van der Waals surface area contributed by atoms with Gasteiger partial charge in [0.1, 0.15) is 0 Å². The lowest BCUT2D eigenvalue weighted by Gasteiger charge is -2.28. The predicted molar refractivity (Wildman–Crippen MR) is 165 cm³/mol. The molecule has 1 aliphatic rings. The fraction of sp³-hybridized carbons (Fsp3) is 0.0811. The first kappa shape index (κ1) is 23.8. The summed E-state index contributed by atoms with van der Waals surface area (Å²) >= 11 is 0. The largest absolute Gasteiger partial charge is 0.311 e. The van der Waals surface area contributed by atoms with Crippen LogP contribution in [0.2, 0.25) is 0 Å². The second-order valence-corrected chi connectivity index (χ2v) is 9.85. The van der Waals surface area contributed by atoms with E-state index in [0.29, 0.717) is 0 Å². The number of hydrogen-bond donors (Lipinski definition) is 0. The van der Waals surface area contributed by atoms with Crippen LogP contribution in [0.5, 0.6) is 0 Å². The number of fused-ring (bicyclic) bond motifs is 1. The average Bonchev–Trinajstić information content (AvgIpc) is 2.98. The average molecular weight is 490 g/mol. The Hall–Kier alpha value is -4.62. The third kappa shape index (κ3) is 5.10. The first-order chi connectivity index (χ1) is 18.7. The molecule has 0 saturated carbocycles. The van der Waals surface area contributed by atoms with E-state index in [-0.39, 0.29) is 0 Å². The third-order valence-electron chi connectivity index (χ3n) is 7.16. The van der Waals surface area contributed by atoms with Crippen molar-refractivity contribution in [2.75, 3.05) is 4.90 Å². The van der Waals surface area contributed by atoms with E-state index in [1.165, 1.54) is 44.3 Å². The molecule has 0 aliphatic heterocycles. The number of allylic oxidation sites excluding steroid dienone is 3. The molecule has 0 atom stereocenters. The first-order valence-electron chi connectivity index (χ1n) is 13.3. The van der Waals surface area contributed by atoms with Crippen molar-refractivity contribution in [1.29, 1.82) is 0 Å². The van der Waals surface area contributed by atoms with E-state index >= 15 is 0 Å². The smallest absolute Gasteiger partial charge is 0.0461 e. The second-order valence-electron chi connectivity index (χ2n) is 9.85. The molecule has 0 fully saturated rings. The van der Waals surface area contributed by atoms with Gasteiger partial charge in [0.05, 0.1) is 0 Å². The lowest BCUT2D eigenvalue weighted by molar-refractivity contribution is 0.997. The Labute approximate surface area is 225 Å². The van der Waals surface area contributed by atoms with Crippen LogP contribution >= 0.6 is 0 Å². The van der Waals surface area contributed by atoms with Gasteiger partial charge in [-0.25, -0.2) is 0 Å². The Morgan fingerprint density at radius 1 is 0.605 bits per heavy atom. The van der Waals surface area contributed by atoms with Crippen LogP contribution in [0.15, 0.2) is 139 Å². The molecule has 184 valence electrons. The van der Waals surface area contributed by atoms with Crippen molar-refractivity contribution in [1.82, 2.24) is 0 Å². The number of benzene rings is 5. The molecule has 5 aromatic carbocycles. The molecule has 38 heavy (non-hydrogen) atoms. The Balaban J connectivity index is 1.31. The Morgan fingerprint density at radius 3 is 1.92 bits per heavy atom. The molecule has 5 aromatic rings. The maximum absolute atomic E-state index is 2.36. The summed E-state index contributed by atoms with van der Waals surface area (Å²) in [6, 6.07) is 41.6. The van der Waals surface area contributed by atoms with E-state index in [0.717, 1.165) is 24.2 Å². The Morgan fingerprint density at radius 2 is 1.24 bits per heavy atom. The zero-order chi connectivity index (χ0) is 25.7. The SMILES string of the molecule is Cc1ccc(/C=C/c2ccc(N(C3=CCCC=C3)c3ccc(-c4cccc5ccccc45)cc3)cc2)cc1. The maximum atomic E-state index is 2.36. The number of anilines is 2. The van der Waals surface area contributed by atoms with Crippen molar-refractivity contribution in [3.05, 3.63) is 156 Å². The molecule has 1 aliphatic carbocycles. The van der Waals surface area contributed by atoms with Crippen LogP contribution in [0.4, 0.5) is 11.4 Å². The zero-order valence-corrected chi connectivity index (χ0v) is 21.7. The molecule has 0 radical (unpaired) electrons. The van der Waals surface area contributed by atoms with Gasteiger partial charge in [-0.2, -0.15) is 0 Å². The van der Waals surface area contributed by atoms with Crippen LogP contribution in [0.1, 0.15) is 29.5 Å². The van der Waals surface area contributed by atoms with E-state index in [1.54, 1.807) is 0 Å². The van der Waals surface area contributed by atoms with Crippen LogP contribution in [0, 0.1) is 6.92 Å². The molecule has 0 bridgehead atoms. The lowest BCUT2D eigenvalue weighted by Crippen LogP contribution is -2.16. The summed E-state index contributed by atoms with van der Waals surface area (Å²) in [7, 11) is 0. The molecule has 0 spiro atoms. The molecular weight excluding hydrogens is 458 g/mol. The van der Waals surface area contributed by atoms with Gasteiger partial charge in [-0.1, -0.05) is 121 Å². The number of aryl methyl sites for hydroxylation is 1. The minimum absolute atomic E-state index is 1.06. The van der Waals surface area contributed by atoms with Gasteiger partial charge in [-0.3, -0.25) is 0 Å². The zero-order valence-electron chi connectivity index (χ0n) is 21.7. The monoisotopic (exact) mass is 489 g/mol. The van der Waals surface area contributed by atoms with E-state index < -0.39 is 0 Å². The summed E-state index contributed by atoms with van der Waals surface area (Å²) in [5.41, 5.74) is 9.72. The van der Waals surface area contributed by atoms with Gasteiger partial charge in [-0.05, 0) is 83.1 Å². The van der Waals surface area contributed by atoms with E-state index in [2.05, 4.69) is 157 Å².